The zero-order valence-corrected chi connectivity index (χ0v) is 16.5. The molecule has 148 valence electrons. The third-order valence-corrected chi connectivity index (χ3v) is 4.87. The number of benzene rings is 2. The summed E-state index contributed by atoms with van der Waals surface area (Å²) < 4.78 is 5.15. The molecular formula is C22H27N3O3. The molecule has 1 N–H and O–H groups in total. The Kier molecular flexibility index (Phi) is 6.53. The van der Waals surface area contributed by atoms with Gasteiger partial charge in [0, 0.05) is 24.5 Å². The number of hydrogen-bond donors (Lipinski definition) is 1. The summed E-state index contributed by atoms with van der Waals surface area (Å²) in [5, 5.41) is 2.87. The highest BCUT2D eigenvalue weighted by atomic mass is 16.5. The number of ether oxygens (including phenoxy) is 1. The third-order valence-electron chi connectivity index (χ3n) is 4.87. The fourth-order valence-corrected chi connectivity index (χ4v) is 3.24. The molecule has 1 aliphatic rings. The topological polar surface area (TPSA) is 61.9 Å². The number of aryl methyl sites for hydroxylation is 1. The number of carbonyl (C=O) groups is 2. The molecule has 0 atom stereocenters. The van der Waals surface area contributed by atoms with Crippen molar-refractivity contribution in [2.45, 2.75) is 26.2 Å². The zero-order chi connectivity index (χ0) is 19.9. The van der Waals surface area contributed by atoms with Crippen LogP contribution in [-0.4, -0.2) is 43.6 Å². The monoisotopic (exact) mass is 381 g/mol. The number of carbonyl (C=O) groups excluding carboxylic acids is 2. The van der Waals surface area contributed by atoms with Crippen LogP contribution >= 0.6 is 0 Å². The van der Waals surface area contributed by atoms with E-state index in [1.807, 2.05) is 48.5 Å². The van der Waals surface area contributed by atoms with Crippen molar-refractivity contribution in [3.05, 3.63) is 54.1 Å². The SMILES string of the molecule is CCCCc1ccc(NC(=O)CN2CCN(c3ccc(OC)cc3)C2=O)cc1. The minimum atomic E-state index is -0.189. The molecule has 1 aliphatic heterocycles. The number of hydrogen-bond acceptors (Lipinski definition) is 3. The molecule has 0 radical (unpaired) electrons. The summed E-state index contributed by atoms with van der Waals surface area (Å²) in [6.45, 7) is 3.30. The van der Waals surface area contributed by atoms with Crippen LogP contribution in [0.2, 0.25) is 0 Å². The van der Waals surface area contributed by atoms with Crippen LogP contribution in [0, 0.1) is 0 Å². The molecule has 0 unspecified atom stereocenters. The fourth-order valence-electron chi connectivity index (χ4n) is 3.24. The van der Waals surface area contributed by atoms with Crippen molar-refractivity contribution in [2.24, 2.45) is 0 Å². The molecule has 1 fully saturated rings. The van der Waals surface area contributed by atoms with Crippen molar-refractivity contribution in [3.8, 4) is 5.75 Å². The Labute approximate surface area is 166 Å². The molecule has 2 aromatic rings. The lowest BCUT2D eigenvalue weighted by Crippen LogP contribution is -2.37. The van der Waals surface area contributed by atoms with E-state index in [0.29, 0.717) is 13.1 Å². The number of urea groups is 1. The summed E-state index contributed by atoms with van der Waals surface area (Å²) in [7, 11) is 1.61. The fraction of sp³-hybridized carbons (Fsp3) is 0.364. The number of nitrogens with zero attached hydrogens (tertiary/aromatic N) is 2. The number of anilines is 2. The van der Waals surface area contributed by atoms with Gasteiger partial charge in [-0.1, -0.05) is 25.5 Å². The van der Waals surface area contributed by atoms with Crippen LogP contribution in [0.25, 0.3) is 0 Å². The van der Waals surface area contributed by atoms with Gasteiger partial charge in [-0.15, -0.1) is 0 Å². The molecule has 1 saturated heterocycles. The maximum absolute atomic E-state index is 12.6. The highest BCUT2D eigenvalue weighted by molar-refractivity contribution is 5.99. The molecule has 1 heterocycles. The Morgan fingerprint density at radius 2 is 1.79 bits per heavy atom. The van der Waals surface area contributed by atoms with Gasteiger partial charge < -0.3 is 15.0 Å². The number of nitrogens with one attached hydrogen (secondary N) is 1. The van der Waals surface area contributed by atoms with Gasteiger partial charge in [0.2, 0.25) is 5.91 Å². The highest BCUT2D eigenvalue weighted by Crippen LogP contribution is 2.23. The van der Waals surface area contributed by atoms with Gasteiger partial charge >= 0.3 is 6.03 Å². The zero-order valence-electron chi connectivity index (χ0n) is 16.5. The number of rotatable bonds is 8. The van der Waals surface area contributed by atoms with E-state index < -0.39 is 0 Å². The molecule has 0 aromatic heterocycles. The Hall–Kier alpha value is -3.02. The van der Waals surface area contributed by atoms with Crippen molar-refractivity contribution in [3.63, 3.8) is 0 Å². The molecule has 0 spiro atoms. The number of methoxy groups -OCH3 is 1. The predicted molar refractivity (Wildman–Crippen MR) is 111 cm³/mol. The molecule has 6 heteroatoms. The Morgan fingerprint density at radius 3 is 2.43 bits per heavy atom. The van der Waals surface area contributed by atoms with Crippen LogP contribution in [0.4, 0.5) is 16.2 Å². The summed E-state index contributed by atoms with van der Waals surface area (Å²) in [5.74, 6) is 0.554. The Bertz CT molecular complexity index is 803. The normalized spacial score (nSPS) is 13.7. The molecule has 0 aliphatic carbocycles. The number of amides is 3. The third kappa shape index (κ3) is 4.82. The number of unbranched alkanes of at least 4 members (excludes halogenated alkanes) is 1. The summed E-state index contributed by atoms with van der Waals surface area (Å²) in [4.78, 5) is 28.2. The van der Waals surface area contributed by atoms with Gasteiger partial charge in [0.05, 0.1) is 7.11 Å². The van der Waals surface area contributed by atoms with Gasteiger partial charge in [0.15, 0.2) is 0 Å². The molecule has 6 nitrogen and oxygen atoms in total. The van der Waals surface area contributed by atoms with Crippen LogP contribution in [0.1, 0.15) is 25.3 Å². The van der Waals surface area contributed by atoms with Gasteiger partial charge in [-0.05, 0) is 54.8 Å². The first-order chi connectivity index (χ1) is 13.6. The van der Waals surface area contributed by atoms with E-state index in [4.69, 9.17) is 4.74 Å². The van der Waals surface area contributed by atoms with Crippen LogP contribution in [0.3, 0.4) is 0 Å². The van der Waals surface area contributed by atoms with Crippen molar-refractivity contribution >= 4 is 23.3 Å². The first-order valence-corrected chi connectivity index (χ1v) is 9.70. The summed E-state index contributed by atoms with van der Waals surface area (Å²) >= 11 is 0. The van der Waals surface area contributed by atoms with Crippen molar-refractivity contribution in [1.29, 1.82) is 0 Å². The van der Waals surface area contributed by atoms with E-state index in [1.165, 1.54) is 5.56 Å². The van der Waals surface area contributed by atoms with E-state index in [-0.39, 0.29) is 18.5 Å². The van der Waals surface area contributed by atoms with E-state index in [2.05, 4.69) is 12.2 Å². The average Bonchev–Trinajstić information content (AvgIpc) is 3.07. The molecule has 28 heavy (non-hydrogen) atoms. The average molecular weight is 381 g/mol. The smallest absolute Gasteiger partial charge is 0.325 e. The van der Waals surface area contributed by atoms with E-state index in [1.54, 1.807) is 16.9 Å². The van der Waals surface area contributed by atoms with Gasteiger partial charge in [0.25, 0.3) is 0 Å². The Balaban J connectivity index is 1.53. The summed E-state index contributed by atoms with van der Waals surface area (Å²) in [5.41, 5.74) is 2.82. The molecular weight excluding hydrogens is 354 g/mol. The van der Waals surface area contributed by atoms with Crippen molar-refractivity contribution < 1.29 is 14.3 Å². The molecule has 3 amide bonds. The van der Waals surface area contributed by atoms with Crippen molar-refractivity contribution in [1.82, 2.24) is 4.90 Å². The van der Waals surface area contributed by atoms with Crippen LogP contribution < -0.4 is 15.0 Å². The van der Waals surface area contributed by atoms with E-state index in [9.17, 15) is 9.59 Å². The standard InChI is InChI=1S/C22H27N3O3/c1-3-4-5-17-6-8-18(9-7-17)23-21(26)16-24-14-15-25(22(24)27)19-10-12-20(28-2)13-11-19/h6-13H,3-5,14-16H2,1-2H3,(H,23,26). The van der Waals surface area contributed by atoms with Gasteiger partial charge in [-0.3, -0.25) is 9.69 Å². The van der Waals surface area contributed by atoms with Crippen LogP contribution in [0.15, 0.2) is 48.5 Å². The van der Waals surface area contributed by atoms with Crippen molar-refractivity contribution in [2.75, 3.05) is 37.0 Å². The largest absolute Gasteiger partial charge is 0.497 e. The minimum Gasteiger partial charge on any atom is -0.497 e. The first-order valence-electron chi connectivity index (χ1n) is 9.70. The molecule has 2 aromatic carbocycles. The van der Waals surface area contributed by atoms with Gasteiger partial charge in [0.1, 0.15) is 12.3 Å². The van der Waals surface area contributed by atoms with Gasteiger partial charge in [-0.2, -0.15) is 0 Å². The second-order valence-electron chi connectivity index (χ2n) is 6.90. The second-order valence-corrected chi connectivity index (χ2v) is 6.90. The summed E-state index contributed by atoms with van der Waals surface area (Å²) in [6, 6.07) is 15.1. The van der Waals surface area contributed by atoms with E-state index in [0.717, 1.165) is 36.4 Å². The predicted octanol–water partition coefficient (Wildman–Crippen LogP) is 3.92. The summed E-state index contributed by atoms with van der Waals surface area (Å²) in [6.07, 6.45) is 3.37. The highest BCUT2D eigenvalue weighted by Gasteiger charge is 2.30. The minimum absolute atomic E-state index is 0.0447. The van der Waals surface area contributed by atoms with Crippen LogP contribution in [0.5, 0.6) is 5.75 Å². The molecule has 3 rings (SSSR count). The maximum Gasteiger partial charge on any atom is 0.325 e. The van der Waals surface area contributed by atoms with Crippen LogP contribution in [-0.2, 0) is 11.2 Å². The maximum atomic E-state index is 12.6. The quantitative estimate of drug-likeness (QED) is 0.754. The first kappa shape index (κ1) is 19.7. The van der Waals surface area contributed by atoms with Gasteiger partial charge in [-0.25, -0.2) is 4.79 Å². The molecule has 0 bridgehead atoms. The Morgan fingerprint density at radius 1 is 1.07 bits per heavy atom. The van der Waals surface area contributed by atoms with E-state index >= 15 is 0 Å². The lowest BCUT2D eigenvalue weighted by molar-refractivity contribution is -0.116. The lowest BCUT2D eigenvalue weighted by atomic mass is 10.1. The molecule has 0 saturated carbocycles. The lowest BCUT2D eigenvalue weighted by Gasteiger charge is -2.18. The second kappa shape index (κ2) is 9.26.